The van der Waals surface area contributed by atoms with E-state index < -0.39 is 23.5 Å². The number of fused-ring (bicyclic) bond motifs is 1. The summed E-state index contributed by atoms with van der Waals surface area (Å²) in [6, 6.07) is 21.4. The summed E-state index contributed by atoms with van der Waals surface area (Å²) in [5.41, 5.74) is 1.08. The molecule has 0 radical (unpaired) electrons. The van der Waals surface area contributed by atoms with Gasteiger partial charge in [0.05, 0.1) is 43.7 Å². The van der Waals surface area contributed by atoms with E-state index in [0.717, 1.165) is 10.8 Å². The highest BCUT2D eigenvalue weighted by Crippen LogP contribution is 2.46. The molecular formula is C31H27NO7. The van der Waals surface area contributed by atoms with Gasteiger partial charge in [-0.1, -0.05) is 42.5 Å². The van der Waals surface area contributed by atoms with E-state index in [1.165, 1.54) is 25.2 Å². The van der Waals surface area contributed by atoms with Crippen molar-refractivity contribution in [2.45, 2.75) is 13.0 Å². The maximum atomic E-state index is 13.7. The Balaban J connectivity index is 1.80. The Hall–Kier alpha value is -4.98. The third-order valence-electron chi connectivity index (χ3n) is 6.73. The maximum absolute atomic E-state index is 13.7. The highest BCUT2D eigenvalue weighted by Gasteiger charge is 2.47. The molecule has 198 valence electrons. The number of aromatic hydroxyl groups is 1. The molecule has 1 amide bonds. The first-order valence-corrected chi connectivity index (χ1v) is 12.4. The number of nitrogens with zero attached hydrogens (tertiary/aromatic N) is 1. The number of benzene rings is 4. The van der Waals surface area contributed by atoms with E-state index in [1.54, 1.807) is 43.3 Å². The number of anilines is 1. The quantitative estimate of drug-likeness (QED) is 0.184. The van der Waals surface area contributed by atoms with Crippen LogP contribution in [-0.4, -0.2) is 42.7 Å². The second-order valence-corrected chi connectivity index (χ2v) is 8.89. The van der Waals surface area contributed by atoms with Crippen molar-refractivity contribution in [2.75, 3.05) is 25.7 Å². The zero-order valence-electron chi connectivity index (χ0n) is 21.7. The molecule has 4 aromatic rings. The van der Waals surface area contributed by atoms with Crippen LogP contribution in [0, 0.1) is 0 Å². The highest BCUT2D eigenvalue weighted by atomic mass is 16.5. The molecule has 1 aliphatic heterocycles. The van der Waals surface area contributed by atoms with Gasteiger partial charge in [-0.3, -0.25) is 14.5 Å². The van der Waals surface area contributed by atoms with E-state index in [1.807, 2.05) is 36.4 Å². The standard InChI is InChI=1S/C31H27NO7/c1-4-39-26-16-19(12-15-24(26)33)28-27(29(34)22-14-13-20(37-2)17-25(22)38-3)30(35)31(36)32(28)23-11-7-9-18-8-5-6-10-21(18)23/h5-17,28,33-34H,4H2,1-3H3/b29-27+. The van der Waals surface area contributed by atoms with Gasteiger partial charge in [0, 0.05) is 11.5 Å². The van der Waals surface area contributed by atoms with Crippen LogP contribution in [0.3, 0.4) is 0 Å². The monoisotopic (exact) mass is 525 g/mol. The topological polar surface area (TPSA) is 106 Å². The van der Waals surface area contributed by atoms with Gasteiger partial charge < -0.3 is 24.4 Å². The van der Waals surface area contributed by atoms with E-state index in [4.69, 9.17) is 14.2 Å². The lowest BCUT2D eigenvalue weighted by Gasteiger charge is -2.27. The predicted molar refractivity (Wildman–Crippen MR) is 148 cm³/mol. The fourth-order valence-electron chi connectivity index (χ4n) is 4.93. The van der Waals surface area contributed by atoms with Crippen LogP contribution < -0.4 is 19.1 Å². The van der Waals surface area contributed by atoms with Crippen molar-refractivity contribution in [3.8, 4) is 23.0 Å². The molecule has 5 rings (SSSR count). The van der Waals surface area contributed by atoms with E-state index in [-0.39, 0.29) is 28.4 Å². The number of aliphatic hydroxyl groups excluding tert-OH is 1. The van der Waals surface area contributed by atoms with Crippen molar-refractivity contribution in [3.05, 3.63) is 95.6 Å². The van der Waals surface area contributed by atoms with Gasteiger partial charge in [0.15, 0.2) is 11.5 Å². The number of methoxy groups -OCH3 is 2. The molecule has 1 fully saturated rings. The fraction of sp³-hybridized carbons (Fsp3) is 0.161. The van der Waals surface area contributed by atoms with Crippen LogP contribution in [0.2, 0.25) is 0 Å². The molecule has 0 saturated carbocycles. The summed E-state index contributed by atoms with van der Waals surface area (Å²) in [5.74, 6) is -1.17. The maximum Gasteiger partial charge on any atom is 0.300 e. The van der Waals surface area contributed by atoms with E-state index in [0.29, 0.717) is 23.6 Å². The summed E-state index contributed by atoms with van der Waals surface area (Å²) >= 11 is 0. The molecule has 0 aliphatic carbocycles. The predicted octanol–water partition coefficient (Wildman–Crippen LogP) is 5.59. The van der Waals surface area contributed by atoms with Gasteiger partial charge in [0.1, 0.15) is 17.3 Å². The molecule has 1 atom stereocenters. The number of carbonyl (C=O) groups excluding carboxylic acids is 2. The summed E-state index contributed by atoms with van der Waals surface area (Å²) in [4.78, 5) is 28.8. The molecule has 0 spiro atoms. The number of carbonyl (C=O) groups is 2. The Morgan fingerprint density at radius 2 is 1.67 bits per heavy atom. The minimum Gasteiger partial charge on any atom is -0.507 e. The lowest BCUT2D eigenvalue weighted by molar-refractivity contribution is -0.132. The largest absolute Gasteiger partial charge is 0.507 e. The van der Waals surface area contributed by atoms with Gasteiger partial charge in [-0.15, -0.1) is 0 Å². The second kappa shape index (κ2) is 10.4. The lowest BCUT2D eigenvalue weighted by atomic mass is 9.94. The van der Waals surface area contributed by atoms with Gasteiger partial charge in [-0.05, 0) is 48.2 Å². The number of ether oxygens (including phenoxy) is 3. The van der Waals surface area contributed by atoms with Crippen LogP contribution >= 0.6 is 0 Å². The molecule has 1 heterocycles. The summed E-state index contributed by atoms with van der Waals surface area (Å²) in [7, 11) is 2.94. The molecule has 0 aromatic heterocycles. The van der Waals surface area contributed by atoms with Crippen LogP contribution in [0.5, 0.6) is 23.0 Å². The number of aliphatic hydroxyl groups is 1. The van der Waals surface area contributed by atoms with E-state index >= 15 is 0 Å². The first-order valence-electron chi connectivity index (χ1n) is 12.4. The van der Waals surface area contributed by atoms with E-state index in [2.05, 4.69) is 0 Å². The van der Waals surface area contributed by atoms with Crippen molar-refractivity contribution in [1.29, 1.82) is 0 Å². The van der Waals surface area contributed by atoms with Gasteiger partial charge in [0.25, 0.3) is 11.7 Å². The van der Waals surface area contributed by atoms with Gasteiger partial charge in [-0.25, -0.2) is 0 Å². The van der Waals surface area contributed by atoms with Crippen molar-refractivity contribution in [2.24, 2.45) is 0 Å². The Morgan fingerprint density at radius 1 is 0.897 bits per heavy atom. The molecule has 2 N–H and O–H groups in total. The molecule has 4 aromatic carbocycles. The number of rotatable bonds is 7. The number of amides is 1. The summed E-state index contributed by atoms with van der Waals surface area (Å²) in [5, 5.41) is 23.6. The second-order valence-electron chi connectivity index (χ2n) is 8.89. The Bertz CT molecular complexity index is 1620. The van der Waals surface area contributed by atoms with Crippen LogP contribution in [0.15, 0.2) is 84.4 Å². The molecular weight excluding hydrogens is 498 g/mol. The van der Waals surface area contributed by atoms with Gasteiger partial charge in [-0.2, -0.15) is 0 Å². The van der Waals surface area contributed by atoms with Gasteiger partial charge in [0.2, 0.25) is 0 Å². The van der Waals surface area contributed by atoms with Crippen molar-refractivity contribution >= 4 is 33.9 Å². The summed E-state index contributed by atoms with van der Waals surface area (Å²) in [6.07, 6.45) is 0. The number of hydrogen-bond donors (Lipinski definition) is 2. The minimum absolute atomic E-state index is 0.0838. The molecule has 8 nitrogen and oxygen atoms in total. The molecule has 8 heteroatoms. The molecule has 1 aliphatic rings. The Morgan fingerprint density at radius 3 is 2.41 bits per heavy atom. The average Bonchev–Trinajstić information content (AvgIpc) is 3.23. The molecule has 1 unspecified atom stereocenters. The smallest absolute Gasteiger partial charge is 0.300 e. The third kappa shape index (κ3) is 4.40. The number of phenolic OH excluding ortho intramolecular Hbond substituents is 1. The van der Waals surface area contributed by atoms with Crippen molar-refractivity contribution < 1.29 is 34.0 Å². The summed E-state index contributed by atoms with van der Waals surface area (Å²) in [6.45, 7) is 2.08. The number of Topliss-reactive ketones (excluding diaryl/α,β-unsaturated/α-hetero) is 1. The van der Waals surface area contributed by atoms with Crippen LogP contribution in [-0.2, 0) is 9.59 Å². The van der Waals surface area contributed by atoms with E-state index in [9.17, 15) is 19.8 Å². The zero-order valence-corrected chi connectivity index (χ0v) is 21.7. The lowest BCUT2D eigenvalue weighted by Crippen LogP contribution is -2.29. The highest BCUT2D eigenvalue weighted by molar-refractivity contribution is 6.52. The number of phenols is 1. The molecule has 0 bridgehead atoms. The van der Waals surface area contributed by atoms with Crippen molar-refractivity contribution in [1.82, 2.24) is 0 Å². The molecule has 1 saturated heterocycles. The van der Waals surface area contributed by atoms with Crippen molar-refractivity contribution in [3.63, 3.8) is 0 Å². The summed E-state index contributed by atoms with van der Waals surface area (Å²) < 4.78 is 16.3. The Labute approximate surface area is 225 Å². The van der Waals surface area contributed by atoms with Crippen LogP contribution in [0.25, 0.3) is 16.5 Å². The fourth-order valence-corrected chi connectivity index (χ4v) is 4.93. The third-order valence-corrected chi connectivity index (χ3v) is 6.73. The van der Waals surface area contributed by atoms with Crippen LogP contribution in [0.4, 0.5) is 5.69 Å². The SMILES string of the molecule is CCOc1cc(C2/C(=C(\O)c3ccc(OC)cc3OC)C(=O)C(=O)N2c2cccc3ccccc23)ccc1O. The Kier molecular flexibility index (Phi) is 6.85. The average molecular weight is 526 g/mol. The normalized spacial score (nSPS) is 16.5. The molecule has 39 heavy (non-hydrogen) atoms. The minimum atomic E-state index is -1.03. The number of hydrogen-bond acceptors (Lipinski definition) is 7. The van der Waals surface area contributed by atoms with Gasteiger partial charge >= 0.3 is 0 Å². The first-order chi connectivity index (χ1) is 18.9. The zero-order chi connectivity index (χ0) is 27.7. The number of ketones is 1. The first kappa shape index (κ1) is 25.7. The van der Waals surface area contributed by atoms with Crippen LogP contribution in [0.1, 0.15) is 24.1 Å².